The van der Waals surface area contributed by atoms with Gasteiger partial charge in [-0.15, -0.1) is 0 Å². The highest BCUT2D eigenvalue weighted by molar-refractivity contribution is 9.10. The Morgan fingerprint density at radius 2 is 2.29 bits per heavy atom. The van der Waals surface area contributed by atoms with Crippen molar-refractivity contribution in [3.63, 3.8) is 0 Å². The lowest BCUT2D eigenvalue weighted by Crippen LogP contribution is -2.38. The second kappa shape index (κ2) is 6.30. The van der Waals surface area contributed by atoms with E-state index in [9.17, 15) is 4.79 Å². The molecule has 5 nitrogen and oxygen atoms in total. The number of benzene rings is 1. The fourth-order valence-corrected chi connectivity index (χ4v) is 3.18. The van der Waals surface area contributed by atoms with Crippen molar-refractivity contribution in [3.05, 3.63) is 46.7 Å². The maximum Gasteiger partial charge on any atom is 0.226 e. The van der Waals surface area contributed by atoms with Crippen molar-refractivity contribution in [1.82, 2.24) is 15.5 Å². The highest BCUT2D eigenvalue weighted by atomic mass is 79.9. The molecule has 2 N–H and O–H groups in total. The van der Waals surface area contributed by atoms with Crippen molar-refractivity contribution in [1.29, 1.82) is 0 Å². The van der Waals surface area contributed by atoms with Gasteiger partial charge in [0.25, 0.3) is 0 Å². The molecular weight excluding hydrogens is 332 g/mol. The van der Waals surface area contributed by atoms with Crippen LogP contribution in [0.5, 0.6) is 0 Å². The summed E-state index contributed by atoms with van der Waals surface area (Å²) in [4.78, 5) is 14.3. The number of halogens is 1. The minimum atomic E-state index is 0.0400. The molecule has 0 spiro atoms. The van der Waals surface area contributed by atoms with Gasteiger partial charge >= 0.3 is 0 Å². The number of carbonyl (C=O) groups excluding carboxylic acids is 1. The SMILES string of the molecule is O=C(Cc1ccn[nH]1)NC1CCN(c2ccccc2Br)C1. The first-order chi connectivity index (χ1) is 10.2. The molecule has 1 aromatic carbocycles. The van der Waals surface area contributed by atoms with E-state index in [1.165, 1.54) is 5.69 Å². The van der Waals surface area contributed by atoms with Gasteiger partial charge in [0.15, 0.2) is 0 Å². The zero-order valence-corrected chi connectivity index (χ0v) is 13.1. The summed E-state index contributed by atoms with van der Waals surface area (Å²) in [6.07, 6.45) is 2.98. The van der Waals surface area contributed by atoms with Gasteiger partial charge in [-0.05, 0) is 40.5 Å². The Morgan fingerprint density at radius 1 is 1.43 bits per heavy atom. The van der Waals surface area contributed by atoms with E-state index in [0.717, 1.165) is 29.7 Å². The van der Waals surface area contributed by atoms with Crippen LogP contribution in [0, 0.1) is 0 Å². The third-order valence-electron chi connectivity index (χ3n) is 3.66. The molecule has 2 heterocycles. The fraction of sp³-hybridized carbons (Fsp3) is 0.333. The van der Waals surface area contributed by atoms with Gasteiger partial charge in [-0.2, -0.15) is 5.10 Å². The van der Waals surface area contributed by atoms with E-state index in [4.69, 9.17) is 0 Å². The third kappa shape index (κ3) is 3.44. The lowest BCUT2D eigenvalue weighted by Gasteiger charge is -2.20. The number of hydrogen-bond acceptors (Lipinski definition) is 3. The highest BCUT2D eigenvalue weighted by Gasteiger charge is 2.25. The summed E-state index contributed by atoms with van der Waals surface area (Å²) in [6, 6.07) is 10.2. The van der Waals surface area contributed by atoms with Crippen molar-refractivity contribution in [2.75, 3.05) is 18.0 Å². The molecule has 2 aromatic rings. The number of nitrogens with zero attached hydrogens (tertiary/aromatic N) is 2. The normalized spacial score (nSPS) is 18.0. The van der Waals surface area contributed by atoms with Gasteiger partial charge in [-0.25, -0.2) is 0 Å². The number of rotatable bonds is 4. The molecule has 1 saturated heterocycles. The van der Waals surface area contributed by atoms with Crippen LogP contribution in [0.15, 0.2) is 41.0 Å². The van der Waals surface area contributed by atoms with Crippen molar-refractivity contribution in [2.45, 2.75) is 18.9 Å². The molecular formula is C15H17BrN4O. The number of anilines is 1. The summed E-state index contributed by atoms with van der Waals surface area (Å²) in [6.45, 7) is 1.80. The molecule has 3 rings (SSSR count). The lowest BCUT2D eigenvalue weighted by molar-refractivity contribution is -0.121. The molecule has 1 unspecified atom stereocenters. The molecule has 0 aliphatic carbocycles. The van der Waals surface area contributed by atoms with Crippen LogP contribution >= 0.6 is 15.9 Å². The second-order valence-electron chi connectivity index (χ2n) is 5.21. The first-order valence-corrected chi connectivity index (χ1v) is 7.79. The Balaban J connectivity index is 1.55. The summed E-state index contributed by atoms with van der Waals surface area (Å²) in [5.74, 6) is 0.0400. The van der Waals surface area contributed by atoms with Crippen LogP contribution < -0.4 is 10.2 Å². The summed E-state index contributed by atoms with van der Waals surface area (Å²) in [5.41, 5.74) is 2.02. The number of carbonyl (C=O) groups is 1. The highest BCUT2D eigenvalue weighted by Crippen LogP contribution is 2.28. The topological polar surface area (TPSA) is 61.0 Å². The minimum Gasteiger partial charge on any atom is -0.368 e. The summed E-state index contributed by atoms with van der Waals surface area (Å²) >= 11 is 3.58. The van der Waals surface area contributed by atoms with Gasteiger partial charge in [0.05, 0.1) is 12.1 Å². The van der Waals surface area contributed by atoms with E-state index < -0.39 is 0 Å². The molecule has 6 heteroatoms. The number of aromatic nitrogens is 2. The van der Waals surface area contributed by atoms with Gasteiger partial charge in [-0.3, -0.25) is 9.89 Å². The van der Waals surface area contributed by atoms with E-state index in [1.54, 1.807) is 6.20 Å². The minimum absolute atomic E-state index is 0.0400. The van der Waals surface area contributed by atoms with Gasteiger partial charge in [-0.1, -0.05) is 12.1 Å². The Hall–Kier alpha value is -1.82. The van der Waals surface area contributed by atoms with E-state index in [2.05, 4.69) is 42.4 Å². The molecule has 110 valence electrons. The molecule has 1 aromatic heterocycles. The number of H-pyrrole nitrogens is 1. The molecule has 1 atom stereocenters. The fourth-order valence-electron chi connectivity index (χ4n) is 2.64. The lowest BCUT2D eigenvalue weighted by atomic mass is 10.2. The summed E-state index contributed by atoms with van der Waals surface area (Å²) < 4.78 is 1.09. The number of aromatic amines is 1. The Bertz CT molecular complexity index is 614. The first-order valence-electron chi connectivity index (χ1n) is 6.99. The Morgan fingerprint density at radius 3 is 3.05 bits per heavy atom. The van der Waals surface area contributed by atoms with Crippen LogP contribution in [-0.2, 0) is 11.2 Å². The zero-order chi connectivity index (χ0) is 14.7. The molecule has 1 amide bonds. The van der Waals surface area contributed by atoms with Gasteiger partial charge < -0.3 is 10.2 Å². The van der Waals surface area contributed by atoms with Crippen LogP contribution in [0.25, 0.3) is 0 Å². The molecule has 0 saturated carbocycles. The number of para-hydroxylation sites is 1. The zero-order valence-electron chi connectivity index (χ0n) is 11.6. The summed E-state index contributed by atoms with van der Waals surface area (Å²) in [5, 5.41) is 9.75. The van der Waals surface area contributed by atoms with Gasteiger partial charge in [0.2, 0.25) is 5.91 Å². The second-order valence-corrected chi connectivity index (χ2v) is 6.06. The van der Waals surface area contributed by atoms with Gasteiger partial charge in [0, 0.05) is 35.5 Å². The maximum atomic E-state index is 12.0. The average molecular weight is 349 g/mol. The molecule has 0 bridgehead atoms. The van der Waals surface area contributed by atoms with E-state index in [1.807, 2.05) is 24.3 Å². The third-order valence-corrected chi connectivity index (χ3v) is 4.33. The van der Waals surface area contributed by atoms with E-state index in [0.29, 0.717) is 6.42 Å². The summed E-state index contributed by atoms with van der Waals surface area (Å²) in [7, 11) is 0. The Labute approximate surface area is 131 Å². The predicted molar refractivity (Wildman–Crippen MR) is 85.2 cm³/mol. The van der Waals surface area contributed by atoms with Crippen LogP contribution in [0.3, 0.4) is 0 Å². The van der Waals surface area contributed by atoms with Crippen LogP contribution in [0.1, 0.15) is 12.1 Å². The van der Waals surface area contributed by atoms with Crippen LogP contribution in [-0.4, -0.2) is 35.2 Å². The van der Waals surface area contributed by atoms with Gasteiger partial charge in [0.1, 0.15) is 0 Å². The first kappa shape index (κ1) is 14.1. The monoisotopic (exact) mass is 348 g/mol. The van der Waals surface area contributed by atoms with Crippen LogP contribution in [0.4, 0.5) is 5.69 Å². The smallest absolute Gasteiger partial charge is 0.226 e. The number of hydrogen-bond donors (Lipinski definition) is 2. The molecule has 1 aliphatic rings. The standard InChI is InChI=1S/C15H17BrN4O/c16-13-3-1-2-4-14(13)20-8-6-12(10-20)18-15(21)9-11-5-7-17-19-11/h1-5,7,12H,6,8-10H2,(H,17,19)(H,18,21). The number of nitrogens with one attached hydrogen (secondary N) is 2. The quantitative estimate of drug-likeness (QED) is 0.889. The number of amides is 1. The predicted octanol–water partition coefficient (Wildman–Crippen LogP) is 2.11. The van der Waals surface area contributed by atoms with E-state index in [-0.39, 0.29) is 11.9 Å². The van der Waals surface area contributed by atoms with E-state index >= 15 is 0 Å². The van der Waals surface area contributed by atoms with Crippen molar-refractivity contribution in [3.8, 4) is 0 Å². The maximum absolute atomic E-state index is 12.0. The molecule has 0 radical (unpaired) electrons. The van der Waals surface area contributed by atoms with Crippen molar-refractivity contribution < 1.29 is 4.79 Å². The molecule has 1 fully saturated rings. The molecule has 1 aliphatic heterocycles. The van der Waals surface area contributed by atoms with Crippen molar-refractivity contribution in [2.24, 2.45) is 0 Å². The Kier molecular flexibility index (Phi) is 4.24. The van der Waals surface area contributed by atoms with Crippen LogP contribution in [0.2, 0.25) is 0 Å². The average Bonchev–Trinajstić information content (AvgIpc) is 3.11. The largest absolute Gasteiger partial charge is 0.368 e. The molecule has 21 heavy (non-hydrogen) atoms. The van der Waals surface area contributed by atoms with Crippen molar-refractivity contribution >= 4 is 27.5 Å².